The SMILES string of the molecule is CC(C)(C)SNC1CCC(CNc2ccc3oc(=O)ccc3c2)CC1. The van der Waals surface area contributed by atoms with Crippen LogP contribution in [0.5, 0.6) is 0 Å². The molecule has 1 aromatic heterocycles. The lowest BCUT2D eigenvalue weighted by Gasteiger charge is -2.31. The van der Waals surface area contributed by atoms with Crippen LogP contribution in [-0.4, -0.2) is 17.3 Å². The molecule has 1 aliphatic rings. The molecule has 1 aliphatic carbocycles. The highest BCUT2D eigenvalue weighted by atomic mass is 32.2. The number of anilines is 1. The Morgan fingerprint density at radius 3 is 2.60 bits per heavy atom. The van der Waals surface area contributed by atoms with Crippen LogP contribution in [0, 0.1) is 5.92 Å². The van der Waals surface area contributed by atoms with E-state index in [4.69, 9.17) is 4.42 Å². The minimum absolute atomic E-state index is 0.271. The first kappa shape index (κ1) is 18.3. The van der Waals surface area contributed by atoms with Gasteiger partial charge in [0.2, 0.25) is 0 Å². The highest BCUT2D eigenvalue weighted by Gasteiger charge is 2.22. The fourth-order valence-corrected chi connectivity index (χ4v) is 3.94. The van der Waals surface area contributed by atoms with E-state index in [0.29, 0.717) is 11.6 Å². The van der Waals surface area contributed by atoms with Gasteiger partial charge in [-0.15, -0.1) is 0 Å². The standard InChI is InChI=1S/C20H28N2O2S/c1-20(2,3)25-22-16-7-4-14(5-8-16)13-21-17-9-10-18-15(12-17)6-11-19(23)24-18/h6,9-12,14,16,21-22H,4-5,7-8,13H2,1-3H3. The van der Waals surface area contributed by atoms with E-state index in [1.807, 2.05) is 36.2 Å². The van der Waals surface area contributed by atoms with E-state index in [9.17, 15) is 4.79 Å². The molecule has 1 heterocycles. The molecule has 4 nitrogen and oxygen atoms in total. The van der Waals surface area contributed by atoms with Crippen LogP contribution in [0.1, 0.15) is 46.5 Å². The molecule has 0 aliphatic heterocycles. The molecular weight excluding hydrogens is 332 g/mol. The molecule has 2 N–H and O–H groups in total. The number of benzene rings is 1. The summed E-state index contributed by atoms with van der Waals surface area (Å²) in [6.45, 7) is 7.74. The van der Waals surface area contributed by atoms with Crippen molar-refractivity contribution in [2.75, 3.05) is 11.9 Å². The third-order valence-electron chi connectivity index (χ3n) is 4.59. The second-order valence-corrected chi connectivity index (χ2v) is 9.60. The summed E-state index contributed by atoms with van der Waals surface area (Å²) in [5.41, 5.74) is 1.43. The lowest BCUT2D eigenvalue weighted by molar-refractivity contribution is 0.328. The first-order chi connectivity index (χ1) is 11.9. The topological polar surface area (TPSA) is 54.3 Å². The molecule has 25 heavy (non-hydrogen) atoms. The fraction of sp³-hybridized carbons (Fsp3) is 0.550. The summed E-state index contributed by atoms with van der Waals surface area (Å²) in [6.07, 6.45) is 5.02. The molecule has 2 aromatic rings. The van der Waals surface area contributed by atoms with Crippen molar-refractivity contribution in [3.63, 3.8) is 0 Å². The number of hydrogen-bond donors (Lipinski definition) is 2. The lowest BCUT2D eigenvalue weighted by Crippen LogP contribution is -2.33. The summed E-state index contributed by atoms with van der Waals surface area (Å²) in [5, 5.41) is 4.50. The summed E-state index contributed by atoms with van der Waals surface area (Å²) in [5.74, 6) is 0.724. The van der Waals surface area contributed by atoms with Gasteiger partial charge in [0.1, 0.15) is 5.58 Å². The third kappa shape index (κ3) is 5.51. The fourth-order valence-electron chi connectivity index (χ4n) is 3.19. The summed E-state index contributed by atoms with van der Waals surface area (Å²) < 4.78 is 9.09. The van der Waals surface area contributed by atoms with E-state index in [0.717, 1.165) is 23.5 Å². The second-order valence-electron chi connectivity index (χ2n) is 7.94. The molecular formula is C20H28N2O2S. The van der Waals surface area contributed by atoms with E-state index in [2.05, 4.69) is 30.8 Å². The lowest BCUT2D eigenvalue weighted by atomic mass is 9.86. The number of nitrogens with one attached hydrogen (secondary N) is 2. The number of fused-ring (bicyclic) bond motifs is 1. The molecule has 0 bridgehead atoms. The van der Waals surface area contributed by atoms with Crippen molar-refractivity contribution < 1.29 is 4.42 Å². The van der Waals surface area contributed by atoms with E-state index >= 15 is 0 Å². The molecule has 0 saturated heterocycles. The van der Waals surface area contributed by atoms with Gasteiger partial charge >= 0.3 is 5.63 Å². The predicted octanol–water partition coefficient (Wildman–Crippen LogP) is 4.80. The van der Waals surface area contributed by atoms with Crippen molar-refractivity contribution in [1.29, 1.82) is 0 Å². The van der Waals surface area contributed by atoms with Crippen molar-refractivity contribution in [2.24, 2.45) is 5.92 Å². The summed E-state index contributed by atoms with van der Waals surface area (Å²) in [7, 11) is 0. The zero-order valence-electron chi connectivity index (χ0n) is 15.3. The van der Waals surface area contributed by atoms with Crippen molar-refractivity contribution in [1.82, 2.24) is 4.72 Å². The molecule has 0 unspecified atom stereocenters. The van der Waals surface area contributed by atoms with Gasteiger partial charge in [-0.2, -0.15) is 0 Å². The van der Waals surface area contributed by atoms with Crippen LogP contribution in [0.3, 0.4) is 0 Å². The average molecular weight is 361 g/mol. The molecule has 136 valence electrons. The number of rotatable bonds is 5. The van der Waals surface area contributed by atoms with Crippen molar-refractivity contribution in [3.05, 3.63) is 40.8 Å². The van der Waals surface area contributed by atoms with Crippen LogP contribution in [0.4, 0.5) is 5.69 Å². The number of hydrogen-bond acceptors (Lipinski definition) is 5. The molecule has 0 spiro atoms. The minimum atomic E-state index is -0.303. The molecule has 0 amide bonds. The largest absolute Gasteiger partial charge is 0.423 e. The quantitative estimate of drug-likeness (QED) is 0.592. The Labute approximate surface area is 153 Å². The first-order valence-electron chi connectivity index (χ1n) is 9.10. The first-order valence-corrected chi connectivity index (χ1v) is 9.92. The molecule has 3 rings (SSSR count). The maximum absolute atomic E-state index is 11.2. The molecule has 1 fully saturated rings. The third-order valence-corrected chi connectivity index (χ3v) is 5.66. The van der Waals surface area contributed by atoms with E-state index in [1.165, 1.54) is 31.7 Å². The van der Waals surface area contributed by atoms with Crippen molar-refractivity contribution >= 4 is 28.6 Å². The highest BCUT2D eigenvalue weighted by Crippen LogP contribution is 2.28. The molecule has 1 saturated carbocycles. The van der Waals surface area contributed by atoms with Gasteiger partial charge in [-0.1, -0.05) is 11.9 Å². The van der Waals surface area contributed by atoms with Crippen LogP contribution in [0.25, 0.3) is 11.0 Å². The molecule has 1 aromatic carbocycles. The molecule has 0 radical (unpaired) electrons. The maximum Gasteiger partial charge on any atom is 0.336 e. The van der Waals surface area contributed by atoms with Gasteiger partial charge in [0.25, 0.3) is 0 Å². The normalized spacial score (nSPS) is 21.4. The van der Waals surface area contributed by atoms with Gasteiger partial charge in [-0.3, -0.25) is 4.72 Å². The zero-order chi connectivity index (χ0) is 17.9. The van der Waals surface area contributed by atoms with Crippen LogP contribution in [0.15, 0.2) is 39.5 Å². The van der Waals surface area contributed by atoms with Crippen LogP contribution in [-0.2, 0) is 0 Å². The Bertz CT molecular complexity index is 758. The Morgan fingerprint density at radius 2 is 1.88 bits per heavy atom. The smallest absolute Gasteiger partial charge is 0.336 e. The second kappa shape index (κ2) is 7.83. The minimum Gasteiger partial charge on any atom is -0.423 e. The van der Waals surface area contributed by atoms with Crippen LogP contribution < -0.4 is 15.7 Å². The monoisotopic (exact) mass is 360 g/mol. The van der Waals surface area contributed by atoms with Gasteiger partial charge in [0, 0.05) is 34.5 Å². The summed E-state index contributed by atoms with van der Waals surface area (Å²) in [6, 6.07) is 9.82. The Balaban J connectivity index is 1.47. The Hall–Kier alpha value is -1.46. The highest BCUT2D eigenvalue weighted by molar-refractivity contribution is 7.98. The summed E-state index contributed by atoms with van der Waals surface area (Å²) in [4.78, 5) is 11.2. The van der Waals surface area contributed by atoms with Gasteiger partial charge in [-0.25, -0.2) is 4.79 Å². The molecule has 0 atom stereocenters. The van der Waals surface area contributed by atoms with E-state index in [1.54, 1.807) is 0 Å². The average Bonchev–Trinajstić information content (AvgIpc) is 2.58. The van der Waals surface area contributed by atoms with Crippen molar-refractivity contribution in [2.45, 2.75) is 57.2 Å². The van der Waals surface area contributed by atoms with Gasteiger partial charge in [0.05, 0.1) is 0 Å². The van der Waals surface area contributed by atoms with Crippen LogP contribution in [0.2, 0.25) is 0 Å². The summed E-state index contributed by atoms with van der Waals surface area (Å²) >= 11 is 1.86. The van der Waals surface area contributed by atoms with E-state index in [-0.39, 0.29) is 10.4 Å². The predicted molar refractivity (Wildman–Crippen MR) is 107 cm³/mol. The van der Waals surface area contributed by atoms with Gasteiger partial charge in [-0.05, 0) is 76.6 Å². The zero-order valence-corrected chi connectivity index (χ0v) is 16.1. The Kier molecular flexibility index (Phi) is 5.74. The van der Waals surface area contributed by atoms with E-state index < -0.39 is 0 Å². The van der Waals surface area contributed by atoms with Crippen molar-refractivity contribution in [3.8, 4) is 0 Å². The Morgan fingerprint density at radius 1 is 1.12 bits per heavy atom. The molecule has 5 heteroatoms. The van der Waals surface area contributed by atoms with Gasteiger partial charge < -0.3 is 9.73 Å². The van der Waals surface area contributed by atoms with Crippen LogP contribution >= 0.6 is 11.9 Å². The maximum atomic E-state index is 11.2. The van der Waals surface area contributed by atoms with Gasteiger partial charge in [0.15, 0.2) is 0 Å².